The van der Waals surface area contributed by atoms with Gasteiger partial charge < -0.3 is 14.6 Å². The summed E-state index contributed by atoms with van der Waals surface area (Å²) in [7, 11) is -3.77. The van der Waals surface area contributed by atoms with Crippen molar-refractivity contribution in [1.82, 2.24) is 9.88 Å². The van der Waals surface area contributed by atoms with Crippen LogP contribution in [0.15, 0.2) is 66.5 Å². The van der Waals surface area contributed by atoms with E-state index in [4.69, 9.17) is 0 Å². The molecule has 1 N–H and O–H groups in total. The van der Waals surface area contributed by atoms with Crippen molar-refractivity contribution in [2.75, 3.05) is 12.9 Å². The summed E-state index contributed by atoms with van der Waals surface area (Å²) < 4.78 is 45.4. The first-order valence-corrected chi connectivity index (χ1v) is 11.4. The highest BCUT2D eigenvalue weighted by atomic mass is 32.2. The van der Waals surface area contributed by atoms with Crippen molar-refractivity contribution >= 4 is 38.4 Å². The van der Waals surface area contributed by atoms with Gasteiger partial charge in [-0.1, -0.05) is 30.3 Å². The standard InChI is InChI=1S/C22H17FN2O6S/c1-32(29,30)22(13-5-3-2-4-6-13)25-11-17(16-8-7-14(23)9-18(16)25)20(27)21(28)24-15-10-19(26)31-12-15/h2-11,22H,12H2,1H3,(H,24,28). The largest absolute Gasteiger partial charge is 0.456 e. The molecule has 10 heteroatoms. The van der Waals surface area contributed by atoms with Gasteiger partial charge in [0.15, 0.2) is 15.2 Å². The third-order valence-electron chi connectivity index (χ3n) is 4.93. The van der Waals surface area contributed by atoms with E-state index in [-0.39, 0.29) is 28.8 Å². The highest BCUT2D eigenvalue weighted by Gasteiger charge is 2.30. The number of fused-ring (bicyclic) bond motifs is 1. The van der Waals surface area contributed by atoms with Crippen molar-refractivity contribution in [3.05, 3.63) is 83.4 Å². The first-order chi connectivity index (χ1) is 15.1. The minimum atomic E-state index is -3.77. The number of nitrogens with zero attached hydrogens (tertiary/aromatic N) is 1. The zero-order chi connectivity index (χ0) is 23.0. The number of cyclic esters (lactones) is 1. The molecule has 164 valence electrons. The van der Waals surface area contributed by atoms with Gasteiger partial charge in [-0.3, -0.25) is 9.59 Å². The van der Waals surface area contributed by atoms with Crippen molar-refractivity contribution in [2.24, 2.45) is 0 Å². The molecule has 1 aliphatic rings. The summed E-state index contributed by atoms with van der Waals surface area (Å²) >= 11 is 0. The van der Waals surface area contributed by atoms with Gasteiger partial charge in [-0.25, -0.2) is 17.6 Å². The van der Waals surface area contributed by atoms with E-state index in [1.54, 1.807) is 30.3 Å². The van der Waals surface area contributed by atoms with Gasteiger partial charge in [0.05, 0.1) is 16.8 Å². The van der Waals surface area contributed by atoms with Crippen LogP contribution in [0.1, 0.15) is 21.3 Å². The Hall–Kier alpha value is -3.79. The highest BCUT2D eigenvalue weighted by Crippen LogP contribution is 2.32. The zero-order valence-corrected chi connectivity index (χ0v) is 17.6. The molecule has 4 rings (SSSR count). The molecule has 2 heterocycles. The molecule has 3 aromatic rings. The van der Waals surface area contributed by atoms with Crippen LogP contribution in [0.5, 0.6) is 0 Å². The minimum Gasteiger partial charge on any atom is -0.456 e. The summed E-state index contributed by atoms with van der Waals surface area (Å²) in [5.41, 5.74) is 0.569. The lowest BCUT2D eigenvalue weighted by molar-refractivity contribution is -0.135. The number of ether oxygens (including phenoxy) is 1. The second-order valence-corrected chi connectivity index (χ2v) is 9.37. The molecule has 0 aliphatic carbocycles. The number of benzene rings is 2. The van der Waals surface area contributed by atoms with E-state index in [9.17, 15) is 27.2 Å². The fourth-order valence-corrected chi connectivity index (χ4v) is 4.84. The second kappa shape index (κ2) is 8.04. The number of aromatic nitrogens is 1. The number of rotatable bonds is 6. The Morgan fingerprint density at radius 1 is 1.16 bits per heavy atom. The molecule has 0 fully saturated rings. The molecule has 0 saturated carbocycles. The minimum absolute atomic E-state index is 0.104. The second-order valence-electron chi connectivity index (χ2n) is 7.26. The predicted molar refractivity (Wildman–Crippen MR) is 113 cm³/mol. The molecule has 1 atom stereocenters. The molecule has 8 nitrogen and oxygen atoms in total. The van der Waals surface area contributed by atoms with Crippen LogP contribution in [0.3, 0.4) is 0 Å². The maximum Gasteiger partial charge on any atom is 0.333 e. The molecule has 0 saturated heterocycles. The summed E-state index contributed by atoms with van der Waals surface area (Å²) in [4.78, 5) is 36.6. The summed E-state index contributed by atoms with van der Waals surface area (Å²) in [6.45, 7) is -0.172. The number of ketones is 1. The highest BCUT2D eigenvalue weighted by molar-refractivity contribution is 7.90. The van der Waals surface area contributed by atoms with Gasteiger partial charge in [-0.05, 0) is 23.8 Å². The molecule has 1 amide bonds. The van der Waals surface area contributed by atoms with Crippen LogP contribution >= 0.6 is 0 Å². The molecule has 1 aromatic heterocycles. The quantitative estimate of drug-likeness (QED) is 0.346. The molecule has 1 unspecified atom stereocenters. The van der Waals surface area contributed by atoms with Gasteiger partial charge in [-0.15, -0.1) is 0 Å². The number of carbonyl (C=O) groups excluding carboxylic acids is 3. The number of sulfone groups is 1. The number of hydrogen-bond acceptors (Lipinski definition) is 6. The SMILES string of the molecule is CS(=O)(=O)C(c1ccccc1)n1cc(C(=O)C(=O)NC2=CC(=O)OC2)c2ccc(F)cc21. The fourth-order valence-electron chi connectivity index (χ4n) is 3.60. The summed E-state index contributed by atoms with van der Waals surface area (Å²) in [5, 5.41) is 1.27. The third kappa shape index (κ3) is 4.04. The predicted octanol–water partition coefficient (Wildman–Crippen LogP) is 2.11. The third-order valence-corrected chi connectivity index (χ3v) is 6.24. The summed E-state index contributed by atoms with van der Waals surface area (Å²) in [5.74, 6) is -3.28. The van der Waals surface area contributed by atoms with Crippen LogP contribution in [-0.4, -0.2) is 43.5 Å². The zero-order valence-electron chi connectivity index (χ0n) is 16.7. The van der Waals surface area contributed by atoms with Crippen LogP contribution in [0.2, 0.25) is 0 Å². The molecule has 0 spiro atoms. The average Bonchev–Trinajstić information content (AvgIpc) is 3.30. The Balaban J connectivity index is 1.84. The number of Topliss-reactive ketones (excluding diaryl/α,β-unsaturated/α-hetero) is 1. The lowest BCUT2D eigenvalue weighted by Crippen LogP contribution is -2.31. The monoisotopic (exact) mass is 456 g/mol. The van der Waals surface area contributed by atoms with E-state index >= 15 is 0 Å². The molecule has 1 aliphatic heterocycles. The Kier molecular flexibility index (Phi) is 5.39. The fraction of sp³-hybridized carbons (Fsp3) is 0.136. The van der Waals surface area contributed by atoms with Gasteiger partial charge >= 0.3 is 5.97 Å². The number of nitrogens with one attached hydrogen (secondary N) is 1. The van der Waals surface area contributed by atoms with Gasteiger partial charge in [0.1, 0.15) is 12.4 Å². The maximum atomic E-state index is 14.1. The van der Waals surface area contributed by atoms with E-state index in [2.05, 4.69) is 10.1 Å². The molecule has 32 heavy (non-hydrogen) atoms. The van der Waals surface area contributed by atoms with Gasteiger partial charge in [0.2, 0.25) is 0 Å². The van der Waals surface area contributed by atoms with E-state index < -0.39 is 38.7 Å². The van der Waals surface area contributed by atoms with Crippen molar-refractivity contribution in [3.8, 4) is 0 Å². The Labute approximate surface area is 182 Å². The lowest BCUT2D eigenvalue weighted by atomic mass is 10.1. The topological polar surface area (TPSA) is 112 Å². The summed E-state index contributed by atoms with van der Waals surface area (Å²) in [6.07, 6.45) is 3.32. The Morgan fingerprint density at radius 2 is 1.88 bits per heavy atom. The maximum absolute atomic E-state index is 14.1. The van der Waals surface area contributed by atoms with Crippen LogP contribution < -0.4 is 5.32 Å². The van der Waals surface area contributed by atoms with Crippen molar-refractivity contribution in [1.29, 1.82) is 0 Å². The molecule has 0 radical (unpaired) electrons. The first kappa shape index (κ1) is 21.4. The number of esters is 1. The van der Waals surface area contributed by atoms with Crippen LogP contribution in [-0.2, 0) is 24.2 Å². The van der Waals surface area contributed by atoms with Gasteiger partial charge in [0.25, 0.3) is 11.7 Å². The number of hydrogen-bond donors (Lipinski definition) is 1. The van der Waals surface area contributed by atoms with E-state index in [1.807, 2.05) is 0 Å². The van der Waals surface area contributed by atoms with E-state index in [0.717, 1.165) is 24.5 Å². The van der Waals surface area contributed by atoms with Crippen LogP contribution in [0, 0.1) is 5.82 Å². The van der Waals surface area contributed by atoms with E-state index in [0.29, 0.717) is 5.56 Å². The average molecular weight is 456 g/mol. The van der Waals surface area contributed by atoms with E-state index in [1.165, 1.54) is 16.8 Å². The van der Waals surface area contributed by atoms with Gasteiger partial charge in [-0.2, -0.15) is 0 Å². The normalized spacial score (nSPS) is 14.7. The molecular weight excluding hydrogens is 439 g/mol. The van der Waals surface area contributed by atoms with Crippen molar-refractivity contribution < 1.29 is 31.9 Å². The number of amides is 1. The molecular formula is C22H17FN2O6S. The number of halogens is 1. The van der Waals surface area contributed by atoms with Crippen molar-refractivity contribution in [3.63, 3.8) is 0 Å². The Morgan fingerprint density at radius 3 is 2.50 bits per heavy atom. The lowest BCUT2D eigenvalue weighted by Gasteiger charge is -2.19. The number of carbonyl (C=O) groups is 3. The van der Waals surface area contributed by atoms with Crippen LogP contribution in [0.4, 0.5) is 4.39 Å². The first-order valence-electron chi connectivity index (χ1n) is 9.42. The molecule has 0 bridgehead atoms. The molecule has 2 aromatic carbocycles. The Bertz CT molecular complexity index is 1390. The summed E-state index contributed by atoms with van der Waals surface area (Å²) in [6, 6.07) is 11.8. The van der Waals surface area contributed by atoms with Crippen LogP contribution in [0.25, 0.3) is 10.9 Å². The smallest absolute Gasteiger partial charge is 0.333 e. The van der Waals surface area contributed by atoms with Crippen molar-refractivity contribution in [2.45, 2.75) is 5.37 Å². The van der Waals surface area contributed by atoms with Gasteiger partial charge in [0, 0.05) is 23.9 Å².